The van der Waals surface area contributed by atoms with Gasteiger partial charge in [0.25, 0.3) is 11.8 Å². The van der Waals surface area contributed by atoms with Crippen LogP contribution in [0.5, 0.6) is 0 Å². The van der Waals surface area contributed by atoms with E-state index < -0.39 is 51.5 Å². The molecule has 1 aliphatic rings. The zero-order valence-electron chi connectivity index (χ0n) is 17.0. The second-order valence-corrected chi connectivity index (χ2v) is 9.34. The molecule has 2 atom stereocenters. The van der Waals surface area contributed by atoms with Crippen molar-refractivity contribution in [2.24, 2.45) is 5.16 Å². The Morgan fingerprint density at radius 1 is 1.42 bits per heavy atom. The fourth-order valence-corrected chi connectivity index (χ4v) is 4.09. The van der Waals surface area contributed by atoms with Gasteiger partial charge in [0.2, 0.25) is 5.60 Å². The van der Waals surface area contributed by atoms with Gasteiger partial charge in [-0.2, -0.15) is 13.5 Å². The number of hydrogen-bond acceptors (Lipinski definition) is 12. The van der Waals surface area contributed by atoms with E-state index in [1.807, 2.05) is 0 Å². The lowest BCUT2D eigenvalue weighted by Gasteiger charge is -2.43. The molecule has 2 aromatic rings. The molecular weight excluding hydrogens is 484 g/mol. The third kappa shape index (κ3) is 5.07. The maximum absolute atomic E-state index is 12.9. The Morgan fingerprint density at radius 3 is 2.64 bits per heavy atom. The van der Waals surface area contributed by atoms with Crippen LogP contribution in [0.1, 0.15) is 19.5 Å². The Bertz CT molecular complexity index is 1210. The van der Waals surface area contributed by atoms with E-state index in [-0.39, 0.29) is 21.7 Å². The number of rotatable bonds is 9. The lowest BCUT2D eigenvalue weighted by molar-refractivity contribution is -0.161. The Balaban J connectivity index is 1.88. The smallest absolute Gasteiger partial charge is 0.362 e. The molecule has 3 heterocycles. The Labute approximate surface area is 189 Å². The normalized spacial score (nSPS) is 19.2. The maximum Gasteiger partial charge on any atom is 0.362 e. The lowest BCUT2D eigenvalue weighted by Crippen LogP contribution is -2.73. The second-order valence-electron chi connectivity index (χ2n) is 7.17. The zero-order valence-corrected chi connectivity index (χ0v) is 18.6. The summed E-state index contributed by atoms with van der Waals surface area (Å²) in [5.74, 6) is -3.51. The number of amides is 2. The summed E-state index contributed by atoms with van der Waals surface area (Å²) >= 11 is 0.964. The van der Waals surface area contributed by atoms with Crippen LogP contribution in [0, 0.1) is 0 Å². The summed E-state index contributed by atoms with van der Waals surface area (Å²) < 4.78 is 34.0. The number of aliphatic carboxylic acids is 1. The predicted molar refractivity (Wildman–Crippen MR) is 110 cm³/mol. The van der Waals surface area contributed by atoms with E-state index in [0.29, 0.717) is 0 Å². The summed E-state index contributed by atoms with van der Waals surface area (Å²) in [7, 11) is -4.92. The summed E-state index contributed by atoms with van der Waals surface area (Å²) in [5, 5.41) is 20.3. The number of hydrogen-bond donors (Lipinski definition) is 4. The van der Waals surface area contributed by atoms with Gasteiger partial charge in [-0.25, -0.2) is 19.1 Å². The number of β-lactam (4-membered cyclic amide) rings is 1. The average Bonchev–Trinajstić information content (AvgIpc) is 3.36. The van der Waals surface area contributed by atoms with Crippen LogP contribution in [-0.2, 0) is 36.1 Å². The van der Waals surface area contributed by atoms with E-state index in [1.54, 1.807) is 0 Å². The number of carbonyl (C=O) groups is 3. The first kappa shape index (κ1) is 24.0. The number of carboxylic acids is 1. The molecule has 0 aromatic carbocycles. The highest BCUT2D eigenvalue weighted by molar-refractivity contribution is 7.84. The summed E-state index contributed by atoms with van der Waals surface area (Å²) in [6.45, 7) is 2.16. The second kappa shape index (κ2) is 8.71. The molecule has 0 spiro atoms. The van der Waals surface area contributed by atoms with E-state index in [1.165, 1.54) is 36.6 Å². The number of thiazole rings is 1. The minimum Gasteiger partial charge on any atom is -0.478 e. The molecule has 1 aliphatic heterocycles. The van der Waals surface area contributed by atoms with Gasteiger partial charge in [0.05, 0.1) is 12.6 Å². The van der Waals surface area contributed by atoms with Crippen molar-refractivity contribution < 1.29 is 37.3 Å². The summed E-state index contributed by atoms with van der Waals surface area (Å²) in [6.07, 6.45) is 2.42. The first-order valence-corrected chi connectivity index (χ1v) is 11.2. The van der Waals surface area contributed by atoms with Crippen molar-refractivity contribution in [1.29, 1.82) is 0 Å². The molecule has 0 radical (unpaired) electrons. The van der Waals surface area contributed by atoms with E-state index >= 15 is 0 Å². The largest absolute Gasteiger partial charge is 0.478 e. The van der Waals surface area contributed by atoms with Gasteiger partial charge in [-0.05, 0) is 13.8 Å². The molecule has 178 valence electrons. The molecule has 5 N–H and O–H groups in total. The van der Waals surface area contributed by atoms with E-state index in [4.69, 9.17) is 10.6 Å². The number of carboxylic acid groups (broad SMARTS) is 1. The monoisotopic (exact) mass is 502 g/mol. The number of nitrogens with two attached hydrogens (primary N) is 1. The predicted octanol–water partition coefficient (Wildman–Crippen LogP) is -1.90. The van der Waals surface area contributed by atoms with Crippen molar-refractivity contribution in [2.75, 3.05) is 5.73 Å². The van der Waals surface area contributed by atoms with E-state index in [9.17, 15) is 32.5 Å². The fraction of sp³-hybridized carbons (Fsp3) is 0.400. The zero-order chi connectivity index (χ0) is 24.6. The highest BCUT2D eigenvalue weighted by atomic mass is 32.2. The molecule has 0 aliphatic carbocycles. The molecule has 2 aromatic heterocycles. The SMILES string of the molecule is CC(C)(O/N=C(\C(=O)NC1C(=O)N(S(=O)(=O)O)C1Cn1cncn1)c1csc(N)n1)C(=O)O. The quantitative estimate of drug-likeness (QED) is 0.127. The maximum atomic E-state index is 12.9. The van der Waals surface area contributed by atoms with Crippen LogP contribution >= 0.6 is 11.3 Å². The topological polar surface area (TPSA) is 232 Å². The lowest BCUT2D eigenvalue weighted by atomic mass is 9.98. The number of nitrogens with one attached hydrogen (secondary N) is 1. The van der Waals surface area contributed by atoms with E-state index in [2.05, 4.69) is 25.5 Å². The number of anilines is 1. The Kier molecular flexibility index (Phi) is 6.34. The van der Waals surface area contributed by atoms with Crippen LogP contribution in [0.3, 0.4) is 0 Å². The van der Waals surface area contributed by atoms with Gasteiger partial charge in [-0.1, -0.05) is 5.16 Å². The number of nitrogen functional groups attached to an aromatic ring is 1. The average molecular weight is 502 g/mol. The molecule has 0 saturated carbocycles. The number of carbonyl (C=O) groups excluding carboxylic acids is 2. The molecule has 2 amide bonds. The summed E-state index contributed by atoms with van der Waals surface area (Å²) in [5.41, 5.74) is 3.21. The molecular formula is C15H18N8O8S2. The van der Waals surface area contributed by atoms with Gasteiger partial charge < -0.3 is 21.0 Å². The molecule has 1 saturated heterocycles. The molecule has 16 nitrogen and oxygen atoms in total. The van der Waals surface area contributed by atoms with Crippen molar-refractivity contribution in [3.05, 3.63) is 23.7 Å². The third-order valence-corrected chi connectivity index (χ3v) is 6.03. The first-order valence-electron chi connectivity index (χ1n) is 8.96. The number of aromatic nitrogens is 4. The highest BCUT2D eigenvalue weighted by Gasteiger charge is 2.54. The van der Waals surface area contributed by atoms with Crippen LogP contribution in [0.25, 0.3) is 0 Å². The minimum absolute atomic E-state index is 0.0672. The molecule has 18 heteroatoms. The minimum atomic E-state index is -4.92. The van der Waals surface area contributed by atoms with Crippen LogP contribution in [-0.4, -0.2) is 83.3 Å². The van der Waals surface area contributed by atoms with Gasteiger partial charge >= 0.3 is 16.3 Å². The molecule has 0 bridgehead atoms. The molecule has 1 fully saturated rings. The van der Waals surface area contributed by atoms with Crippen LogP contribution in [0.4, 0.5) is 5.13 Å². The van der Waals surface area contributed by atoms with Gasteiger partial charge in [-0.15, -0.1) is 11.3 Å². The molecule has 3 rings (SSSR count). The fourth-order valence-electron chi connectivity index (χ4n) is 2.67. The summed E-state index contributed by atoms with van der Waals surface area (Å²) in [4.78, 5) is 49.2. The number of nitrogens with zero attached hydrogens (tertiary/aromatic N) is 6. The van der Waals surface area contributed by atoms with Crippen molar-refractivity contribution in [2.45, 2.75) is 38.1 Å². The summed E-state index contributed by atoms with van der Waals surface area (Å²) in [6, 6.07) is -2.64. The van der Waals surface area contributed by atoms with E-state index in [0.717, 1.165) is 11.3 Å². The van der Waals surface area contributed by atoms with Gasteiger partial charge in [-0.3, -0.25) is 18.8 Å². The Hall–Kier alpha value is -3.64. The van der Waals surface area contributed by atoms with Crippen molar-refractivity contribution in [1.82, 2.24) is 29.4 Å². The molecule has 33 heavy (non-hydrogen) atoms. The van der Waals surface area contributed by atoms with Crippen molar-refractivity contribution in [3.63, 3.8) is 0 Å². The Morgan fingerprint density at radius 2 is 2.12 bits per heavy atom. The first-order chi connectivity index (χ1) is 15.3. The van der Waals surface area contributed by atoms with Crippen LogP contribution < -0.4 is 11.1 Å². The molecule has 2 unspecified atom stereocenters. The standard InChI is InChI=1S/C15H18N8O8S2/c1-15(2,13(26)27)31-21-9(7-4-32-14(16)19-7)11(24)20-10-8(3-22-6-17-5-18-22)23(12(10)25)33(28,29)30/h4-6,8,10H,3H2,1-2H3,(H2,16,19)(H,20,24)(H,26,27)(H,28,29,30)/b21-9-. The van der Waals surface area contributed by atoms with Gasteiger partial charge in [0, 0.05) is 5.38 Å². The van der Waals surface area contributed by atoms with Crippen molar-refractivity contribution >= 4 is 50.3 Å². The van der Waals surface area contributed by atoms with Crippen LogP contribution in [0.15, 0.2) is 23.2 Å². The third-order valence-electron chi connectivity index (χ3n) is 4.40. The van der Waals surface area contributed by atoms with Gasteiger partial charge in [0.1, 0.15) is 24.4 Å². The van der Waals surface area contributed by atoms with Crippen molar-refractivity contribution in [3.8, 4) is 0 Å². The number of oxime groups is 1. The highest BCUT2D eigenvalue weighted by Crippen LogP contribution is 2.25. The van der Waals surface area contributed by atoms with Crippen LogP contribution in [0.2, 0.25) is 0 Å². The van der Waals surface area contributed by atoms with Gasteiger partial charge in [0.15, 0.2) is 10.8 Å².